The van der Waals surface area contributed by atoms with Gasteiger partial charge >= 0.3 is 6.09 Å². The Kier molecular flexibility index (Phi) is 3.82. The van der Waals surface area contributed by atoms with Gasteiger partial charge in [0.2, 0.25) is 0 Å². The van der Waals surface area contributed by atoms with E-state index in [9.17, 15) is 9.90 Å². The highest BCUT2D eigenvalue weighted by Gasteiger charge is 2.48. The quantitative estimate of drug-likeness (QED) is 0.806. The number of amides is 1. The molecule has 1 N–H and O–H groups in total. The second kappa shape index (κ2) is 5.09. The lowest BCUT2D eigenvalue weighted by Crippen LogP contribution is -2.64. The SMILES string of the molecule is CC(C)(C)[N+]1(C(=O)O)CCCN(c2nccs2)CC1. The van der Waals surface area contributed by atoms with Crippen molar-refractivity contribution >= 4 is 22.6 Å². The van der Waals surface area contributed by atoms with E-state index in [4.69, 9.17) is 0 Å². The van der Waals surface area contributed by atoms with Crippen molar-refractivity contribution in [3.05, 3.63) is 11.6 Å². The van der Waals surface area contributed by atoms with Crippen LogP contribution in [0.4, 0.5) is 9.93 Å². The summed E-state index contributed by atoms with van der Waals surface area (Å²) >= 11 is 1.62. The molecule has 6 heteroatoms. The zero-order valence-electron chi connectivity index (χ0n) is 11.8. The van der Waals surface area contributed by atoms with Crippen LogP contribution >= 0.6 is 11.3 Å². The first-order valence-electron chi connectivity index (χ1n) is 6.62. The molecule has 1 amide bonds. The van der Waals surface area contributed by atoms with E-state index in [-0.39, 0.29) is 10.0 Å². The Bertz CT molecular complexity index is 441. The zero-order chi connectivity index (χ0) is 14.1. The van der Waals surface area contributed by atoms with Gasteiger partial charge in [-0.25, -0.2) is 9.47 Å². The molecule has 0 bridgehead atoms. The van der Waals surface area contributed by atoms with E-state index in [1.165, 1.54) is 0 Å². The molecule has 1 fully saturated rings. The van der Waals surface area contributed by atoms with E-state index in [0.29, 0.717) is 13.1 Å². The van der Waals surface area contributed by atoms with Gasteiger partial charge < -0.3 is 10.0 Å². The summed E-state index contributed by atoms with van der Waals surface area (Å²) in [4.78, 5) is 18.3. The summed E-state index contributed by atoms with van der Waals surface area (Å²) in [5, 5.41) is 12.7. The van der Waals surface area contributed by atoms with E-state index < -0.39 is 6.09 Å². The first-order valence-corrected chi connectivity index (χ1v) is 7.50. The summed E-state index contributed by atoms with van der Waals surface area (Å²) in [5.74, 6) is 0. The van der Waals surface area contributed by atoms with Crippen molar-refractivity contribution in [3.63, 3.8) is 0 Å². The molecular formula is C13H22N3O2S+. The Labute approximate surface area is 118 Å². The standard InChI is InChI=1S/C13H21N3O2S/c1-13(2,3)16(12(17)18)8-4-6-15(7-9-16)11-14-5-10-19-11/h5,10H,4,6-9H2,1-3H3/p+1. The van der Waals surface area contributed by atoms with E-state index >= 15 is 0 Å². The van der Waals surface area contributed by atoms with Crippen LogP contribution in [-0.2, 0) is 0 Å². The summed E-state index contributed by atoms with van der Waals surface area (Å²) in [5.41, 5.74) is -0.287. The summed E-state index contributed by atoms with van der Waals surface area (Å²) in [6, 6.07) is 0. The summed E-state index contributed by atoms with van der Waals surface area (Å²) < 4.78 is 0.134. The normalized spacial score (nSPS) is 25.1. The van der Waals surface area contributed by atoms with Crippen molar-refractivity contribution in [1.82, 2.24) is 4.98 Å². The van der Waals surface area contributed by atoms with Crippen LogP contribution in [0.3, 0.4) is 0 Å². The van der Waals surface area contributed by atoms with Gasteiger partial charge in [0.05, 0.1) is 13.1 Å². The minimum Gasteiger partial charge on any atom is -0.435 e. The van der Waals surface area contributed by atoms with Crippen LogP contribution in [0.2, 0.25) is 0 Å². The minimum absolute atomic E-state index is 0.134. The number of quaternary nitrogens is 1. The highest BCUT2D eigenvalue weighted by Crippen LogP contribution is 2.29. The Morgan fingerprint density at radius 2 is 2.16 bits per heavy atom. The molecule has 1 aliphatic heterocycles. The predicted molar refractivity (Wildman–Crippen MR) is 76.7 cm³/mol. The highest BCUT2D eigenvalue weighted by molar-refractivity contribution is 7.13. The van der Waals surface area contributed by atoms with Gasteiger partial charge in [-0.2, -0.15) is 4.79 Å². The summed E-state index contributed by atoms with van der Waals surface area (Å²) in [6.45, 7) is 8.98. The van der Waals surface area contributed by atoms with Crippen molar-refractivity contribution in [2.24, 2.45) is 0 Å². The number of aromatic nitrogens is 1. The molecule has 1 aliphatic rings. The van der Waals surface area contributed by atoms with E-state index in [1.54, 1.807) is 17.5 Å². The number of hydrogen-bond acceptors (Lipinski definition) is 4. The number of thiazole rings is 1. The van der Waals surface area contributed by atoms with Crippen LogP contribution in [0, 0.1) is 0 Å². The van der Waals surface area contributed by atoms with Crippen LogP contribution in [-0.4, -0.2) is 52.4 Å². The van der Waals surface area contributed by atoms with Gasteiger partial charge in [-0.1, -0.05) is 0 Å². The molecule has 0 spiro atoms. The van der Waals surface area contributed by atoms with Crippen LogP contribution in [0.25, 0.3) is 0 Å². The molecule has 1 atom stereocenters. The number of hydrogen-bond donors (Lipinski definition) is 1. The monoisotopic (exact) mass is 284 g/mol. The number of rotatable bonds is 1. The van der Waals surface area contributed by atoms with E-state index in [1.807, 2.05) is 26.2 Å². The van der Waals surface area contributed by atoms with Gasteiger partial charge in [0.15, 0.2) is 5.13 Å². The van der Waals surface area contributed by atoms with Crippen molar-refractivity contribution in [3.8, 4) is 0 Å². The maximum absolute atomic E-state index is 11.8. The molecule has 0 radical (unpaired) electrons. The first-order chi connectivity index (χ1) is 8.87. The van der Waals surface area contributed by atoms with Crippen LogP contribution in [0.15, 0.2) is 11.6 Å². The molecule has 106 valence electrons. The largest absolute Gasteiger partial charge is 0.514 e. The second-order valence-corrected chi connectivity index (χ2v) is 6.90. The van der Waals surface area contributed by atoms with Crippen LogP contribution in [0.5, 0.6) is 0 Å². The number of nitrogens with zero attached hydrogens (tertiary/aromatic N) is 3. The van der Waals surface area contributed by atoms with Crippen molar-refractivity contribution in [2.75, 3.05) is 31.1 Å². The van der Waals surface area contributed by atoms with Gasteiger partial charge in [0.25, 0.3) is 0 Å². The smallest absolute Gasteiger partial charge is 0.435 e. The Hall–Kier alpha value is -1.14. The molecule has 0 saturated carbocycles. The van der Waals surface area contributed by atoms with Crippen LogP contribution in [0.1, 0.15) is 27.2 Å². The topological polar surface area (TPSA) is 53.4 Å². The molecule has 1 aromatic heterocycles. The van der Waals surface area contributed by atoms with Crippen molar-refractivity contribution in [2.45, 2.75) is 32.7 Å². The van der Waals surface area contributed by atoms with Crippen LogP contribution < -0.4 is 4.90 Å². The fraction of sp³-hybridized carbons (Fsp3) is 0.692. The Morgan fingerprint density at radius 3 is 2.68 bits per heavy atom. The third-order valence-electron chi connectivity index (χ3n) is 4.06. The maximum atomic E-state index is 11.8. The van der Waals surface area contributed by atoms with Gasteiger partial charge in [-0.05, 0) is 20.8 Å². The lowest BCUT2D eigenvalue weighted by molar-refractivity contribution is -0.901. The second-order valence-electron chi connectivity index (χ2n) is 6.02. The lowest BCUT2D eigenvalue weighted by Gasteiger charge is -2.42. The van der Waals surface area contributed by atoms with Gasteiger partial charge in [-0.3, -0.25) is 0 Å². The zero-order valence-corrected chi connectivity index (χ0v) is 12.6. The lowest BCUT2D eigenvalue weighted by atomic mass is 10.0. The van der Waals surface area contributed by atoms with Gasteiger partial charge in [0, 0.05) is 24.5 Å². The molecule has 2 heterocycles. The first kappa shape index (κ1) is 14.3. The Balaban J connectivity index is 2.21. The summed E-state index contributed by atoms with van der Waals surface area (Å²) in [7, 11) is 0. The molecule has 2 rings (SSSR count). The van der Waals surface area contributed by atoms with Gasteiger partial charge in [-0.15, -0.1) is 11.3 Å². The number of anilines is 1. The fourth-order valence-electron chi connectivity index (χ4n) is 2.76. The molecule has 19 heavy (non-hydrogen) atoms. The number of carbonyl (C=O) groups is 1. The van der Waals surface area contributed by atoms with E-state index in [2.05, 4.69) is 9.88 Å². The van der Waals surface area contributed by atoms with E-state index in [0.717, 1.165) is 24.6 Å². The highest BCUT2D eigenvalue weighted by atomic mass is 32.1. The predicted octanol–water partition coefficient (Wildman–Crippen LogP) is 2.65. The molecular weight excluding hydrogens is 262 g/mol. The van der Waals surface area contributed by atoms with Crippen molar-refractivity contribution < 1.29 is 14.4 Å². The summed E-state index contributed by atoms with van der Waals surface area (Å²) in [6.07, 6.45) is 1.96. The Morgan fingerprint density at radius 1 is 1.42 bits per heavy atom. The van der Waals surface area contributed by atoms with Gasteiger partial charge in [0.1, 0.15) is 12.1 Å². The molecule has 5 nitrogen and oxygen atoms in total. The average Bonchev–Trinajstić information content (AvgIpc) is 2.72. The number of carboxylic acid groups (broad SMARTS) is 1. The third kappa shape index (κ3) is 2.60. The molecule has 0 aliphatic carbocycles. The molecule has 1 saturated heterocycles. The minimum atomic E-state index is -0.714. The third-order valence-corrected chi connectivity index (χ3v) is 4.89. The maximum Gasteiger partial charge on any atom is 0.514 e. The van der Waals surface area contributed by atoms with Crippen molar-refractivity contribution in [1.29, 1.82) is 0 Å². The average molecular weight is 284 g/mol. The fourth-order valence-corrected chi connectivity index (χ4v) is 3.46. The molecule has 1 unspecified atom stereocenters. The molecule has 0 aromatic carbocycles. The molecule has 1 aromatic rings.